The molecule has 3 aromatic heterocycles. The largest absolute Gasteiger partial charge is 0.392 e. The number of rotatable bonds is 21. The number of ether oxygens (including phenoxy) is 1. The smallest absolute Gasteiger partial charge is 0.320 e. The molecule has 77 heavy (non-hydrogen) atoms. The third-order valence-corrected chi connectivity index (χ3v) is 15.9. The SMILES string of the molecule is COCCN1C[C@@H](NC(=O)Nc2c(C)c(-c3cnc(N4CCN(C(=O)CCCCCNC(=O)C[C@@H](c5ccc(-c6scnc6C)cc5)N5CC(O)CC5C(N)=O)CC4)nc3)nn2-c2ccccc2)[C@H](c2cccc(F)c2)C1. The number of thiazole rings is 1. The van der Waals surface area contributed by atoms with Crippen LogP contribution in [0.15, 0.2) is 96.8 Å². The maximum absolute atomic E-state index is 14.4. The van der Waals surface area contributed by atoms with Gasteiger partial charge in [-0.15, -0.1) is 11.3 Å². The number of β-amino-alcohol motifs (C(OH)–C–C–N with tert-alkyl or cyclic N) is 1. The highest BCUT2D eigenvalue weighted by Crippen LogP contribution is 2.36. The number of carbonyl (C=O) groups is 4. The summed E-state index contributed by atoms with van der Waals surface area (Å²) in [5, 5.41) is 24.8. The molecule has 3 aliphatic heterocycles. The Labute approximate surface area is 452 Å². The van der Waals surface area contributed by atoms with Crippen molar-refractivity contribution >= 4 is 46.9 Å². The zero-order chi connectivity index (χ0) is 54.0. The lowest BCUT2D eigenvalue weighted by molar-refractivity contribution is -0.131. The minimum atomic E-state index is -0.721. The van der Waals surface area contributed by atoms with Crippen LogP contribution in [0.1, 0.15) is 72.9 Å². The quantitative estimate of drug-likeness (QED) is 0.0536. The fourth-order valence-electron chi connectivity index (χ4n) is 10.8. The van der Waals surface area contributed by atoms with Gasteiger partial charge in [0.25, 0.3) is 0 Å². The number of carbonyl (C=O) groups excluding carboxylic acids is 4. The Bertz CT molecular complexity index is 2970. The monoisotopic (exact) mass is 1070 g/mol. The number of hydrogen-bond acceptors (Lipinski definition) is 14. The van der Waals surface area contributed by atoms with Crippen LogP contribution in [0.4, 0.5) is 21.0 Å². The van der Waals surface area contributed by atoms with Crippen molar-refractivity contribution in [3.05, 3.63) is 125 Å². The third-order valence-electron chi connectivity index (χ3n) is 14.9. The number of nitrogens with one attached hydrogen (secondary N) is 3. The van der Waals surface area contributed by atoms with E-state index in [9.17, 15) is 28.7 Å². The van der Waals surface area contributed by atoms with Crippen LogP contribution >= 0.6 is 11.3 Å². The van der Waals surface area contributed by atoms with E-state index >= 15 is 0 Å². The number of aliphatic hydroxyl groups excluding tert-OH is 1. The molecule has 6 heterocycles. The Balaban J connectivity index is 0.746. The number of aryl methyl sites for hydroxylation is 1. The molecule has 0 spiro atoms. The number of hydrogen-bond donors (Lipinski definition) is 5. The highest BCUT2D eigenvalue weighted by Gasteiger charge is 2.40. The van der Waals surface area contributed by atoms with Crippen LogP contribution in [-0.4, -0.2) is 159 Å². The molecule has 0 saturated carbocycles. The number of benzene rings is 3. The van der Waals surface area contributed by atoms with Crippen LogP contribution in [-0.2, 0) is 19.1 Å². The number of piperazine rings is 1. The van der Waals surface area contributed by atoms with Crippen LogP contribution < -0.4 is 26.6 Å². The Kier molecular flexibility index (Phi) is 18.0. The molecule has 0 aliphatic carbocycles. The summed E-state index contributed by atoms with van der Waals surface area (Å²) in [7, 11) is 1.66. The normalized spacial score (nSPS) is 19.3. The molecular weight excluding hydrogens is 1000 g/mol. The van der Waals surface area contributed by atoms with E-state index in [-0.39, 0.29) is 49.0 Å². The first kappa shape index (κ1) is 54.6. The van der Waals surface area contributed by atoms with Gasteiger partial charge >= 0.3 is 6.03 Å². The summed E-state index contributed by atoms with van der Waals surface area (Å²) < 4.78 is 21.4. The molecular formula is C56H68FN13O6S. The zero-order valence-electron chi connectivity index (χ0n) is 43.8. The molecule has 3 aliphatic rings. The van der Waals surface area contributed by atoms with E-state index in [2.05, 4.69) is 30.7 Å². The first-order valence-corrected chi connectivity index (χ1v) is 27.3. The van der Waals surface area contributed by atoms with Gasteiger partial charge in [0.05, 0.1) is 46.6 Å². The van der Waals surface area contributed by atoms with Gasteiger partial charge in [-0.05, 0) is 74.1 Å². The van der Waals surface area contributed by atoms with Gasteiger partial charge in [0.15, 0.2) is 0 Å². The Morgan fingerprint density at radius 1 is 0.896 bits per heavy atom. The number of urea groups is 1. The number of aliphatic hydroxyl groups is 1. The predicted molar refractivity (Wildman–Crippen MR) is 293 cm³/mol. The second-order valence-corrected chi connectivity index (χ2v) is 21.0. The number of primary amides is 1. The number of nitrogens with zero attached hydrogens (tertiary/aromatic N) is 9. The highest BCUT2D eigenvalue weighted by molar-refractivity contribution is 7.13. The average molecular weight is 1070 g/mol. The van der Waals surface area contributed by atoms with E-state index in [1.807, 2.05) is 89.8 Å². The Hall–Kier alpha value is -7.17. The number of anilines is 2. The van der Waals surface area contributed by atoms with Crippen molar-refractivity contribution < 1.29 is 33.4 Å². The molecule has 5 amide bonds. The second-order valence-electron chi connectivity index (χ2n) is 20.1. The molecule has 0 radical (unpaired) electrons. The van der Waals surface area contributed by atoms with E-state index in [1.165, 1.54) is 12.1 Å². The number of halogens is 1. The van der Waals surface area contributed by atoms with Gasteiger partial charge < -0.3 is 36.0 Å². The molecule has 19 nitrogen and oxygen atoms in total. The first-order chi connectivity index (χ1) is 37.3. The molecule has 6 N–H and O–H groups in total. The van der Waals surface area contributed by atoms with E-state index in [0.29, 0.717) is 101 Å². The summed E-state index contributed by atoms with van der Waals surface area (Å²) in [6, 6.07) is 22.2. The van der Waals surface area contributed by atoms with Crippen molar-refractivity contribution in [1.82, 2.24) is 50.1 Å². The standard InChI is InChI=1S/C56H68FN13O6S/c1-36-51(65-70(43-13-6-4-7-14-43)54(36)64-56(75)63-46-34-66(25-26-76-3)33-45(46)40-11-10-12-42(57)27-40)41-30-60-55(61-31-41)68-23-21-67(22-24-68)50(73)15-8-5-9-20-59-49(72)29-47(69-32-44(71)28-48(69)53(58)74)38-16-18-39(19-17-38)52-37(2)62-35-77-52/h4,6-7,10-14,16-19,27,30-31,35,44-48,71H,5,8-9,15,20-26,28-29,32-34H2,1-3H3,(H2,58,74)(H,59,72)(H2,63,64,75)/t44?,45-,46+,47-,48?/m0/s1. The number of likely N-dealkylation sites (tertiary alicyclic amines) is 2. The van der Waals surface area contributed by atoms with Gasteiger partial charge in [-0.1, -0.05) is 61.0 Å². The number of aromatic nitrogens is 5. The maximum Gasteiger partial charge on any atom is 0.320 e. The summed E-state index contributed by atoms with van der Waals surface area (Å²) in [6.45, 7) is 9.19. The molecule has 2 unspecified atom stereocenters. The molecule has 21 heteroatoms. The summed E-state index contributed by atoms with van der Waals surface area (Å²) in [6.07, 6.45) is 5.61. The Morgan fingerprint density at radius 2 is 1.66 bits per heavy atom. The molecule has 6 aromatic rings. The van der Waals surface area contributed by atoms with Gasteiger partial charge in [0, 0.05) is 114 Å². The molecule has 3 saturated heterocycles. The van der Waals surface area contributed by atoms with Crippen molar-refractivity contribution in [3.63, 3.8) is 0 Å². The fraction of sp³-hybridized carbons (Fsp3) is 0.429. The minimum absolute atomic E-state index is 0.0855. The molecule has 5 atom stereocenters. The average Bonchev–Trinajstić information content (AvgIpc) is 4.24. The summed E-state index contributed by atoms with van der Waals surface area (Å²) in [4.78, 5) is 75.9. The lowest BCUT2D eigenvalue weighted by Crippen LogP contribution is -2.49. The summed E-state index contributed by atoms with van der Waals surface area (Å²) >= 11 is 1.56. The topological polar surface area (TPSA) is 229 Å². The number of amides is 5. The van der Waals surface area contributed by atoms with E-state index in [1.54, 1.807) is 41.6 Å². The third kappa shape index (κ3) is 13.3. The summed E-state index contributed by atoms with van der Waals surface area (Å²) in [5.74, 6) is -0.0319. The fourth-order valence-corrected chi connectivity index (χ4v) is 11.6. The zero-order valence-corrected chi connectivity index (χ0v) is 44.6. The van der Waals surface area contributed by atoms with E-state index in [4.69, 9.17) is 25.5 Å². The van der Waals surface area contributed by atoms with Gasteiger partial charge in [0.1, 0.15) is 17.3 Å². The molecule has 9 rings (SSSR count). The second kappa shape index (κ2) is 25.3. The number of methoxy groups -OCH3 is 1. The van der Waals surface area contributed by atoms with E-state index < -0.39 is 30.1 Å². The lowest BCUT2D eigenvalue weighted by atomic mass is 9.94. The van der Waals surface area contributed by atoms with Crippen LogP contribution in [0.5, 0.6) is 0 Å². The first-order valence-electron chi connectivity index (χ1n) is 26.4. The van der Waals surface area contributed by atoms with Gasteiger partial charge in [-0.3, -0.25) is 29.5 Å². The number of unbranched alkanes of at least 4 members (excludes halogenated alkanes) is 2. The van der Waals surface area contributed by atoms with Crippen molar-refractivity contribution in [2.75, 3.05) is 82.8 Å². The maximum atomic E-state index is 14.4. The minimum Gasteiger partial charge on any atom is -0.392 e. The van der Waals surface area contributed by atoms with Crippen LogP contribution in [0, 0.1) is 19.7 Å². The van der Waals surface area contributed by atoms with Crippen LogP contribution in [0.25, 0.3) is 27.4 Å². The number of para-hydroxylation sites is 1. The molecule has 3 aromatic carbocycles. The van der Waals surface area contributed by atoms with Gasteiger partial charge in [-0.25, -0.2) is 28.8 Å². The van der Waals surface area contributed by atoms with Crippen molar-refractivity contribution in [2.45, 2.75) is 82.5 Å². The number of nitrogens with two attached hydrogens (primary N) is 1. The Morgan fingerprint density at radius 3 is 2.36 bits per heavy atom. The molecule has 3 fully saturated rings. The van der Waals surface area contributed by atoms with Gasteiger partial charge in [0.2, 0.25) is 23.7 Å². The predicted octanol–water partition coefficient (Wildman–Crippen LogP) is 5.82. The summed E-state index contributed by atoms with van der Waals surface area (Å²) in [5.41, 5.74) is 13.9. The van der Waals surface area contributed by atoms with Crippen molar-refractivity contribution in [1.29, 1.82) is 0 Å². The van der Waals surface area contributed by atoms with Gasteiger partial charge in [-0.2, -0.15) is 5.10 Å². The van der Waals surface area contributed by atoms with Crippen molar-refractivity contribution in [2.24, 2.45) is 5.73 Å². The van der Waals surface area contributed by atoms with Crippen LogP contribution in [0.3, 0.4) is 0 Å². The van der Waals surface area contributed by atoms with Crippen LogP contribution in [0.2, 0.25) is 0 Å². The highest BCUT2D eigenvalue weighted by atomic mass is 32.1. The van der Waals surface area contributed by atoms with E-state index in [0.717, 1.165) is 44.9 Å². The molecule has 0 bridgehead atoms. The lowest BCUT2D eigenvalue weighted by Gasteiger charge is -2.34. The van der Waals surface area contributed by atoms with Crippen molar-refractivity contribution in [3.8, 4) is 27.4 Å². The molecule has 406 valence electrons.